The monoisotopic (exact) mass is 242 g/mol. The van der Waals surface area contributed by atoms with Gasteiger partial charge in [-0.3, -0.25) is 10.1 Å². The lowest BCUT2D eigenvalue weighted by Crippen LogP contribution is -2.19. The van der Waals surface area contributed by atoms with Crippen molar-refractivity contribution in [1.82, 2.24) is 0 Å². The fourth-order valence-electron chi connectivity index (χ4n) is 1.74. The SMILES string of the molecule is CC(Nc1c(F)cc([N+](=O)[O-])cc1F)C1CC1. The summed E-state index contributed by atoms with van der Waals surface area (Å²) in [6, 6.07) is 1.43. The fourth-order valence-corrected chi connectivity index (χ4v) is 1.74. The number of halogens is 2. The van der Waals surface area contributed by atoms with Crippen LogP contribution in [0.3, 0.4) is 0 Å². The van der Waals surface area contributed by atoms with Crippen molar-refractivity contribution in [2.24, 2.45) is 5.92 Å². The maximum Gasteiger partial charge on any atom is 0.275 e. The van der Waals surface area contributed by atoms with Crippen LogP contribution < -0.4 is 5.32 Å². The molecule has 1 atom stereocenters. The van der Waals surface area contributed by atoms with Crippen molar-refractivity contribution in [1.29, 1.82) is 0 Å². The Hall–Kier alpha value is -1.72. The Labute approximate surface area is 96.8 Å². The second kappa shape index (κ2) is 4.27. The molecule has 1 saturated carbocycles. The number of nitro benzene ring substituents is 1. The first-order chi connectivity index (χ1) is 7.99. The maximum absolute atomic E-state index is 13.5. The molecular formula is C11H12F2N2O2. The van der Waals surface area contributed by atoms with E-state index in [4.69, 9.17) is 0 Å². The van der Waals surface area contributed by atoms with E-state index in [2.05, 4.69) is 5.32 Å². The first-order valence-electron chi connectivity index (χ1n) is 5.39. The number of benzene rings is 1. The van der Waals surface area contributed by atoms with Gasteiger partial charge >= 0.3 is 0 Å². The minimum absolute atomic E-state index is 0.0274. The molecule has 1 aromatic rings. The molecule has 1 aliphatic rings. The molecule has 0 heterocycles. The maximum atomic E-state index is 13.5. The standard InChI is InChI=1S/C11H12F2N2O2/c1-6(7-2-3-7)14-11-9(12)4-8(15(16)17)5-10(11)13/h4-7,14H,2-3H2,1H3. The minimum atomic E-state index is -0.927. The smallest absolute Gasteiger partial charge is 0.275 e. The molecule has 1 N–H and O–H groups in total. The van der Waals surface area contributed by atoms with Crippen molar-refractivity contribution in [3.05, 3.63) is 33.9 Å². The van der Waals surface area contributed by atoms with Gasteiger partial charge in [0, 0.05) is 6.04 Å². The molecular weight excluding hydrogens is 230 g/mol. The van der Waals surface area contributed by atoms with Crippen LogP contribution in [0.15, 0.2) is 12.1 Å². The highest BCUT2D eigenvalue weighted by molar-refractivity contribution is 5.52. The number of nitrogens with zero attached hydrogens (tertiary/aromatic N) is 1. The Morgan fingerprint density at radius 1 is 1.41 bits per heavy atom. The van der Waals surface area contributed by atoms with Gasteiger partial charge in [-0.15, -0.1) is 0 Å². The quantitative estimate of drug-likeness (QED) is 0.652. The van der Waals surface area contributed by atoms with E-state index < -0.39 is 22.2 Å². The van der Waals surface area contributed by atoms with Gasteiger partial charge in [0.15, 0.2) is 11.6 Å². The zero-order valence-electron chi connectivity index (χ0n) is 9.24. The molecule has 1 fully saturated rings. The summed E-state index contributed by atoms with van der Waals surface area (Å²) in [5.74, 6) is -1.42. The molecule has 1 aliphatic carbocycles. The van der Waals surface area contributed by atoms with Crippen molar-refractivity contribution < 1.29 is 13.7 Å². The molecule has 0 bridgehead atoms. The predicted octanol–water partition coefficient (Wildman–Crippen LogP) is 3.08. The highest BCUT2D eigenvalue weighted by Gasteiger charge is 2.29. The molecule has 17 heavy (non-hydrogen) atoms. The lowest BCUT2D eigenvalue weighted by molar-refractivity contribution is -0.385. The van der Waals surface area contributed by atoms with Gasteiger partial charge in [0.1, 0.15) is 5.69 Å². The lowest BCUT2D eigenvalue weighted by Gasteiger charge is -2.15. The summed E-state index contributed by atoms with van der Waals surface area (Å²) in [5, 5.41) is 13.1. The van der Waals surface area contributed by atoms with Crippen LogP contribution in [-0.4, -0.2) is 11.0 Å². The molecule has 0 radical (unpaired) electrons. The van der Waals surface area contributed by atoms with Crippen LogP contribution in [0.5, 0.6) is 0 Å². The summed E-state index contributed by atoms with van der Waals surface area (Å²) in [6.07, 6.45) is 2.09. The van der Waals surface area contributed by atoms with Gasteiger partial charge in [-0.2, -0.15) is 0 Å². The van der Waals surface area contributed by atoms with Gasteiger partial charge in [-0.05, 0) is 25.7 Å². The second-order valence-electron chi connectivity index (χ2n) is 4.31. The molecule has 0 amide bonds. The molecule has 0 aliphatic heterocycles. The summed E-state index contributed by atoms with van der Waals surface area (Å²) in [4.78, 5) is 9.59. The Kier molecular flexibility index (Phi) is 2.95. The minimum Gasteiger partial charge on any atom is -0.378 e. The molecule has 1 unspecified atom stereocenters. The number of nitro groups is 1. The largest absolute Gasteiger partial charge is 0.378 e. The molecule has 92 valence electrons. The van der Waals surface area contributed by atoms with E-state index in [0.717, 1.165) is 25.0 Å². The fraction of sp³-hybridized carbons (Fsp3) is 0.455. The van der Waals surface area contributed by atoms with Crippen molar-refractivity contribution in [2.45, 2.75) is 25.8 Å². The zero-order valence-corrected chi connectivity index (χ0v) is 9.24. The highest BCUT2D eigenvalue weighted by Crippen LogP contribution is 2.35. The normalized spacial score (nSPS) is 16.6. The zero-order chi connectivity index (χ0) is 12.6. The Morgan fingerprint density at radius 3 is 2.35 bits per heavy atom. The molecule has 0 spiro atoms. The predicted molar refractivity (Wildman–Crippen MR) is 58.8 cm³/mol. The average molecular weight is 242 g/mol. The Bertz CT molecular complexity index is 438. The Morgan fingerprint density at radius 2 is 1.94 bits per heavy atom. The van der Waals surface area contributed by atoms with Crippen LogP contribution in [0, 0.1) is 27.7 Å². The summed E-state index contributed by atoms with van der Waals surface area (Å²) in [7, 11) is 0. The Balaban J connectivity index is 2.24. The summed E-state index contributed by atoms with van der Waals surface area (Å²) in [5.41, 5.74) is -0.861. The van der Waals surface area contributed by atoms with Gasteiger partial charge in [-0.25, -0.2) is 8.78 Å². The van der Waals surface area contributed by atoms with E-state index in [1.807, 2.05) is 6.92 Å². The van der Waals surface area contributed by atoms with Crippen LogP contribution in [0.1, 0.15) is 19.8 Å². The van der Waals surface area contributed by atoms with E-state index in [-0.39, 0.29) is 11.7 Å². The molecule has 0 saturated heterocycles. The van der Waals surface area contributed by atoms with Crippen LogP contribution in [0.2, 0.25) is 0 Å². The van der Waals surface area contributed by atoms with E-state index in [1.54, 1.807) is 0 Å². The highest BCUT2D eigenvalue weighted by atomic mass is 19.1. The first-order valence-corrected chi connectivity index (χ1v) is 5.39. The van der Waals surface area contributed by atoms with Gasteiger partial charge in [0.25, 0.3) is 5.69 Å². The van der Waals surface area contributed by atoms with Gasteiger partial charge < -0.3 is 5.32 Å². The third-order valence-electron chi connectivity index (χ3n) is 2.94. The lowest BCUT2D eigenvalue weighted by atomic mass is 10.2. The summed E-state index contributed by atoms with van der Waals surface area (Å²) < 4.78 is 27.0. The molecule has 4 nitrogen and oxygen atoms in total. The number of non-ortho nitro benzene ring substituents is 1. The third kappa shape index (κ3) is 2.51. The van der Waals surface area contributed by atoms with E-state index >= 15 is 0 Å². The van der Waals surface area contributed by atoms with Crippen LogP contribution in [0.4, 0.5) is 20.2 Å². The van der Waals surface area contributed by atoms with Gasteiger partial charge in [0.2, 0.25) is 0 Å². The number of anilines is 1. The molecule has 0 aromatic heterocycles. The van der Waals surface area contributed by atoms with Crippen LogP contribution in [0.25, 0.3) is 0 Å². The summed E-state index contributed by atoms with van der Waals surface area (Å²) in [6.45, 7) is 1.85. The molecule has 1 aromatic carbocycles. The van der Waals surface area contributed by atoms with Crippen LogP contribution in [-0.2, 0) is 0 Å². The van der Waals surface area contributed by atoms with Crippen molar-refractivity contribution in [3.63, 3.8) is 0 Å². The second-order valence-corrected chi connectivity index (χ2v) is 4.31. The van der Waals surface area contributed by atoms with Gasteiger partial charge in [-0.1, -0.05) is 0 Å². The molecule has 2 rings (SSSR count). The summed E-state index contributed by atoms with van der Waals surface area (Å²) >= 11 is 0. The number of rotatable bonds is 4. The van der Waals surface area contributed by atoms with Crippen molar-refractivity contribution in [2.75, 3.05) is 5.32 Å². The third-order valence-corrected chi connectivity index (χ3v) is 2.94. The van der Waals surface area contributed by atoms with E-state index in [9.17, 15) is 18.9 Å². The van der Waals surface area contributed by atoms with Gasteiger partial charge in [0.05, 0.1) is 17.1 Å². The van der Waals surface area contributed by atoms with Crippen molar-refractivity contribution in [3.8, 4) is 0 Å². The average Bonchev–Trinajstić information content (AvgIpc) is 3.06. The molecule has 6 heteroatoms. The number of hydrogen-bond acceptors (Lipinski definition) is 3. The van der Waals surface area contributed by atoms with E-state index in [1.165, 1.54) is 0 Å². The number of nitrogens with one attached hydrogen (secondary N) is 1. The van der Waals surface area contributed by atoms with E-state index in [0.29, 0.717) is 5.92 Å². The first kappa shape index (κ1) is 11.8. The topological polar surface area (TPSA) is 55.2 Å². The van der Waals surface area contributed by atoms with Crippen molar-refractivity contribution >= 4 is 11.4 Å². The number of hydrogen-bond donors (Lipinski definition) is 1. The van der Waals surface area contributed by atoms with Crippen LogP contribution >= 0.6 is 0 Å².